The second-order valence-electron chi connectivity index (χ2n) is 4.75. The van der Waals surface area contributed by atoms with Crippen molar-refractivity contribution < 1.29 is 27.9 Å². The molecule has 1 amide bonds. The van der Waals surface area contributed by atoms with Crippen molar-refractivity contribution in [1.82, 2.24) is 5.32 Å². The van der Waals surface area contributed by atoms with Crippen LogP contribution in [0.3, 0.4) is 0 Å². The summed E-state index contributed by atoms with van der Waals surface area (Å²) < 4.78 is 38.2. The van der Waals surface area contributed by atoms with E-state index in [0.29, 0.717) is 0 Å². The summed E-state index contributed by atoms with van der Waals surface area (Å²) in [6, 6.07) is 6.47. The van der Waals surface area contributed by atoms with Gasteiger partial charge in [-0.1, -0.05) is 17.7 Å². The summed E-state index contributed by atoms with van der Waals surface area (Å²) in [7, 11) is 0. The van der Waals surface area contributed by atoms with Crippen LogP contribution in [-0.4, -0.2) is 29.7 Å². The minimum absolute atomic E-state index is 0.272. The molecule has 0 unspecified atom stereocenters. The lowest BCUT2D eigenvalue weighted by Gasteiger charge is -2.20. The van der Waals surface area contributed by atoms with E-state index >= 15 is 0 Å². The van der Waals surface area contributed by atoms with Crippen LogP contribution in [0.1, 0.15) is 28.8 Å². The molecule has 7 heteroatoms. The summed E-state index contributed by atoms with van der Waals surface area (Å²) in [5.41, 5.74) is 1.09. The Kier molecular flexibility index (Phi) is 5.75. The molecule has 1 aromatic carbocycles. The first-order valence-electron chi connectivity index (χ1n) is 6.33. The van der Waals surface area contributed by atoms with Crippen molar-refractivity contribution in [3.05, 3.63) is 35.4 Å². The third kappa shape index (κ3) is 5.85. The normalized spacial score (nSPS) is 12.8. The van der Waals surface area contributed by atoms with Crippen LogP contribution in [0.15, 0.2) is 24.3 Å². The number of hydrogen-bond acceptors (Lipinski definition) is 2. The summed E-state index contributed by atoms with van der Waals surface area (Å²) in [6.45, 7) is 1.13. The third-order valence-corrected chi connectivity index (χ3v) is 2.96. The lowest BCUT2D eigenvalue weighted by atomic mass is 10.0. The van der Waals surface area contributed by atoms with E-state index in [4.69, 9.17) is 5.11 Å². The number of benzene rings is 1. The highest BCUT2D eigenvalue weighted by Crippen LogP contribution is 2.29. The molecule has 21 heavy (non-hydrogen) atoms. The van der Waals surface area contributed by atoms with Gasteiger partial charge in [0.1, 0.15) is 0 Å². The fourth-order valence-corrected chi connectivity index (χ4v) is 1.78. The van der Waals surface area contributed by atoms with Gasteiger partial charge in [0.05, 0.1) is 5.92 Å². The number of alkyl halides is 3. The zero-order valence-electron chi connectivity index (χ0n) is 11.4. The molecule has 1 aromatic rings. The summed E-state index contributed by atoms with van der Waals surface area (Å²) in [5, 5.41) is 10.7. The Balaban J connectivity index is 2.64. The van der Waals surface area contributed by atoms with E-state index in [0.717, 1.165) is 5.56 Å². The molecule has 0 saturated heterocycles. The number of carboxylic acids is 1. The third-order valence-electron chi connectivity index (χ3n) is 2.96. The maximum Gasteiger partial charge on any atom is 0.393 e. The number of carboxylic acid groups (broad SMARTS) is 1. The molecule has 0 radical (unpaired) electrons. The second kappa shape index (κ2) is 7.10. The molecule has 0 heterocycles. The van der Waals surface area contributed by atoms with E-state index in [9.17, 15) is 22.8 Å². The van der Waals surface area contributed by atoms with E-state index < -0.39 is 43.4 Å². The highest BCUT2D eigenvalue weighted by Gasteiger charge is 2.39. The van der Waals surface area contributed by atoms with Gasteiger partial charge in [-0.25, -0.2) is 0 Å². The highest BCUT2D eigenvalue weighted by molar-refractivity contribution is 5.94. The largest absolute Gasteiger partial charge is 0.481 e. The molecule has 0 aliphatic carbocycles. The molecule has 0 bridgehead atoms. The van der Waals surface area contributed by atoms with Crippen LogP contribution < -0.4 is 5.32 Å². The lowest BCUT2D eigenvalue weighted by molar-refractivity contribution is -0.175. The molecule has 0 aliphatic heterocycles. The Morgan fingerprint density at radius 2 is 2.00 bits per heavy atom. The minimum atomic E-state index is -4.55. The standard InChI is InChI=1S/C14H16F3NO3/c1-9-3-2-4-10(7-9)13(21)18-8-11(14(15,16)17)5-6-12(19)20/h2-4,7,11H,5-6,8H2,1H3,(H,18,21)(H,19,20)/t11-/m1/s1. The molecule has 0 saturated carbocycles. The molecule has 1 atom stereocenters. The van der Waals surface area contributed by atoms with Crippen LogP contribution >= 0.6 is 0 Å². The van der Waals surface area contributed by atoms with Crippen LogP contribution in [0.25, 0.3) is 0 Å². The van der Waals surface area contributed by atoms with E-state index in [1.54, 1.807) is 25.1 Å². The number of aliphatic carboxylic acids is 1. The molecule has 0 spiro atoms. The van der Waals surface area contributed by atoms with Gasteiger partial charge < -0.3 is 10.4 Å². The van der Waals surface area contributed by atoms with Gasteiger partial charge in [0.15, 0.2) is 0 Å². The fourth-order valence-electron chi connectivity index (χ4n) is 1.78. The van der Waals surface area contributed by atoms with Gasteiger partial charge in [0.25, 0.3) is 5.91 Å². The van der Waals surface area contributed by atoms with Crippen LogP contribution in [-0.2, 0) is 4.79 Å². The lowest BCUT2D eigenvalue weighted by Crippen LogP contribution is -2.36. The average molecular weight is 303 g/mol. The molecule has 0 aliphatic rings. The van der Waals surface area contributed by atoms with Crippen molar-refractivity contribution in [2.24, 2.45) is 5.92 Å². The topological polar surface area (TPSA) is 66.4 Å². The summed E-state index contributed by atoms with van der Waals surface area (Å²) in [5.74, 6) is -3.78. The number of rotatable bonds is 6. The first-order valence-corrected chi connectivity index (χ1v) is 6.33. The van der Waals surface area contributed by atoms with Gasteiger partial charge in [0.2, 0.25) is 0 Å². The summed E-state index contributed by atoms with van der Waals surface area (Å²) >= 11 is 0. The van der Waals surface area contributed by atoms with E-state index in [-0.39, 0.29) is 5.56 Å². The molecule has 116 valence electrons. The van der Waals surface area contributed by atoms with Gasteiger partial charge in [-0.3, -0.25) is 9.59 Å². The van der Waals surface area contributed by atoms with Crippen LogP contribution in [0, 0.1) is 12.8 Å². The summed E-state index contributed by atoms with van der Waals surface area (Å²) in [6.07, 6.45) is -5.70. The van der Waals surface area contributed by atoms with Gasteiger partial charge in [-0.15, -0.1) is 0 Å². The Hall–Kier alpha value is -2.05. The van der Waals surface area contributed by atoms with Gasteiger partial charge in [0, 0.05) is 18.5 Å². The Morgan fingerprint density at radius 3 is 2.52 bits per heavy atom. The van der Waals surface area contributed by atoms with Crippen molar-refractivity contribution >= 4 is 11.9 Å². The summed E-state index contributed by atoms with van der Waals surface area (Å²) in [4.78, 5) is 22.1. The zero-order chi connectivity index (χ0) is 16.0. The molecular weight excluding hydrogens is 287 g/mol. The van der Waals surface area contributed by atoms with Gasteiger partial charge in [-0.2, -0.15) is 13.2 Å². The zero-order valence-corrected chi connectivity index (χ0v) is 11.4. The Morgan fingerprint density at radius 1 is 1.33 bits per heavy atom. The number of nitrogens with one attached hydrogen (secondary N) is 1. The number of carbonyl (C=O) groups excluding carboxylic acids is 1. The van der Waals surface area contributed by atoms with Crippen molar-refractivity contribution in [2.75, 3.05) is 6.54 Å². The molecule has 0 fully saturated rings. The number of hydrogen-bond donors (Lipinski definition) is 2. The second-order valence-corrected chi connectivity index (χ2v) is 4.75. The molecule has 0 aromatic heterocycles. The first-order chi connectivity index (χ1) is 9.70. The van der Waals surface area contributed by atoms with Gasteiger partial charge in [-0.05, 0) is 25.5 Å². The molecule has 1 rings (SSSR count). The minimum Gasteiger partial charge on any atom is -0.481 e. The number of carbonyl (C=O) groups is 2. The van der Waals surface area contributed by atoms with E-state index in [2.05, 4.69) is 5.32 Å². The Labute approximate surface area is 120 Å². The first kappa shape index (κ1) is 17.0. The number of amides is 1. The molecule has 4 nitrogen and oxygen atoms in total. The predicted octanol–water partition coefficient (Wildman–Crippen LogP) is 2.77. The maximum absolute atomic E-state index is 12.7. The van der Waals surface area contributed by atoms with Crippen LogP contribution in [0.2, 0.25) is 0 Å². The van der Waals surface area contributed by atoms with Gasteiger partial charge >= 0.3 is 12.1 Å². The monoisotopic (exact) mass is 303 g/mol. The number of halogens is 3. The van der Waals surface area contributed by atoms with E-state index in [1.807, 2.05) is 0 Å². The smallest absolute Gasteiger partial charge is 0.393 e. The Bertz CT molecular complexity index is 514. The predicted molar refractivity (Wildman–Crippen MR) is 69.9 cm³/mol. The fraction of sp³-hybridized carbons (Fsp3) is 0.429. The van der Waals surface area contributed by atoms with Crippen molar-refractivity contribution in [3.63, 3.8) is 0 Å². The van der Waals surface area contributed by atoms with Crippen LogP contribution in [0.4, 0.5) is 13.2 Å². The number of aryl methyl sites for hydroxylation is 1. The molecular formula is C14H16F3NO3. The van der Waals surface area contributed by atoms with Crippen molar-refractivity contribution in [2.45, 2.75) is 25.9 Å². The van der Waals surface area contributed by atoms with E-state index in [1.165, 1.54) is 6.07 Å². The maximum atomic E-state index is 12.7. The molecule has 2 N–H and O–H groups in total. The van der Waals surface area contributed by atoms with Crippen LogP contribution in [0.5, 0.6) is 0 Å². The average Bonchev–Trinajstić information content (AvgIpc) is 2.36. The highest BCUT2D eigenvalue weighted by atomic mass is 19.4. The van der Waals surface area contributed by atoms with Crippen molar-refractivity contribution in [3.8, 4) is 0 Å². The quantitative estimate of drug-likeness (QED) is 0.849. The van der Waals surface area contributed by atoms with Crippen molar-refractivity contribution in [1.29, 1.82) is 0 Å². The SMILES string of the molecule is Cc1cccc(C(=O)NC[C@@H](CCC(=O)O)C(F)(F)F)c1.